The first-order valence-electron chi connectivity index (χ1n) is 13.0. The zero-order valence-electron chi connectivity index (χ0n) is 22.2. The number of halogens is 5. The fourth-order valence-electron chi connectivity index (χ4n) is 4.64. The lowest BCUT2D eigenvalue weighted by molar-refractivity contribution is -0.181. The van der Waals surface area contributed by atoms with Crippen molar-refractivity contribution in [1.82, 2.24) is 14.8 Å². The van der Waals surface area contributed by atoms with Crippen molar-refractivity contribution in [2.75, 3.05) is 13.2 Å². The molecule has 1 aliphatic rings. The van der Waals surface area contributed by atoms with Gasteiger partial charge in [-0.3, -0.25) is 0 Å². The second kappa shape index (κ2) is 13.3. The lowest BCUT2D eigenvalue weighted by Crippen LogP contribution is -2.42. The van der Waals surface area contributed by atoms with Gasteiger partial charge in [0.1, 0.15) is 29.9 Å². The molecule has 0 bridgehead atoms. The molecule has 2 atom stereocenters. The standard InChI is InChI=1S/C30H30F5N3O3/c1-21(29(39,18-38-20-36-19-37-38)26-13-12-25(31)15-27(26)32)14-23-16-40-28(41-17-23)7-5-3-2-4-6-22-8-10-24(11-9-22)30(33,34)35/h2-13,15,19-21,23,28,39H,14,16-18H2,1H3/b3-2+,6-4+,7-5+/t21-,23?,28?,29+/m0/s1. The Labute approximate surface area is 234 Å². The largest absolute Gasteiger partial charge is 0.416 e. The summed E-state index contributed by atoms with van der Waals surface area (Å²) in [7, 11) is 0. The van der Waals surface area contributed by atoms with E-state index in [4.69, 9.17) is 9.47 Å². The second-order valence-corrected chi connectivity index (χ2v) is 9.93. The average molecular weight is 576 g/mol. The van der Waals surface area contributed by atoms with E-state index in [0.717, 1.165) is 24.3 Å². The molecule has 1 aromatic heterocycles. The van der Waals surface area contributed by atoms with Crippen LogP contribution in [0.1, 0.15) is 30.0 Å². The number of allylic oxidation sites excluding steroid dienone is 4. The van der Waals surface area contributed by atoms with Crippen molar-refractivity contribution in [3.63, 3.8) is 0 Å². The molecule has 218 valence electrons. The van der Waals surface area contributed by atoms with Crippen LogP contribution in [0.25, 0.3) is 6.08 Å². The van der Waals surface area contributed by atoms with Crippen molar-refractivity contribution in [3.8, 4) is 0 Å². The summed E-state index contributed by atoms with van der Waals surface area (Å²) in [6, 6.07) is 7.97. The topological polar surface area (TPSA) is 69.4 Å². The smallest absolute Gasteiger partial charge is 0.383 e. The van der Waals surface area contributed by atoms with E-state index in [2.05, 4.69) is 10.1 Å². The van der Waals surface area contributed by atoms with Crippen LogP contribution in [0.2, 0.25) is 0 Å². The fraction of sp³-hybridized carbons (Fsp3) is 0.333. The van der Waals surface area contributed by atoms with Crippen LogP contribution >= 0.6 is 0 Å². The number of aromatic nitrogens is 3. The van der Waals surface area contributed by atoms with Crippen molar-refractivity contribution >= 4 is 6.08 Å². The van der Waals surface area contributed by atoms with Gasteiger partial charge in [-0.1, -0.05) is 55.5 Å². The highest BCUT2D eigenvalue weighted by atomic mass is 19.4. The molecule has 6 nitrogen and oxygen atoms in total. The Morgan fingerprint density at radius 2 is 1.73 bits per heavy atom. The predicted molar refractivity (Wildman–Crippen MR) is 142 cm³/mol. The van der Waals surface area contributed by atoms with Crippen molar-refractivity contribution in [2.24, 2.45) is 11.8 Å². The molecule has 1 aliphatic heterocycles. The number of benzene rings is 2. The number of nitrogens with zero attached hydrogens (tertiary/aromatic N) is 3. The van der Waals surface area contributed by atoms with Gasteiger partial charge in [0.05, 0.1) is 25.3 Å². The summed E-state index contributed by atoms with van der Waals surface area (Å²) < 4.78 is 79.2. The minimum atomic E-state index is -4.36. The Hall–Kier alpha value is -3.67. The van der Waals surface area contributed by atoms with Gasteiger partial charge in [-0.05, 0) is 42.2 Å². The Morgan fingerprint density at radius 1 is 1.02 bits per heavy atom. The highest BCUT2D eigenvalue weighted by Crippen LogP contribution is 2.37. The molecule has 0 amide bonds. The first kappa shape index (κ1) is 30.3. The number of alkyl halides is 3. The van der Waals surface area contributed by atoms with Crippen molar-refractivity contribution in [3.05, 3.63) is 114 Å². The summed E-state index contributed by atoms with van der Waals surface area (Å²) in [5.41, 5.74) is -1.77. The number of rotatable bonds is 10. The Bertz CT molecular complexity index is 1350. The highest BCUT2D eigenvalue weighted by molar-refractivity contribution is 5.51. The third kappa shape index (κ3) is 8.18. The van der Waals surface area contributed by atoms with Crippen LogP contribution in [0.15, 0.2) is 85.5 Å². The number of hydrogen-bond acceptors (Lipinski definition) is 5. The summed E-state index contributed by atoms with van der Waals surface area (Å²) in [5, 5.41) is 15.7. The van der Waals surface area contributed by atoms with Gasteiger partial charge >= 0.3 is 6.18 Å². The molecule has 0 aliphatic carbocycles. The van der Waals surface area contributed by atoms with E-state index in [1.807, 2.05) is 0 Å². The SMILES string of the molecule is C[C@@H](CC1COC(/C=C/C=C/C=C/c2ccc(C(F)(F)F)cc2)OC1)[C@](O)(Cn1cncn1)c1ccc(F)cc1F. The summed E-state index contributed by atoms with van der Waals surface area (Å²) in [4.78, 5) is 3.88. The van der Waals surface area contributed by atoms with Gasteiger partial charge in [-0.2, -0.15) is 18.3 Å². The van der Waals surface area contributed by atoms with Gasteiger partial charge < -0.3 is 14.6 Å². The third-order valence-electron chi connectivity index (χ3n) is 6.89. The van der Waals surface area contributed by atoms with Crippen LogP contribution in [0.3, 0.4) is 0 Å². The van der Waals surface area contributed by atoms with Gasteiger partial charge in [0.15, 0.2) is 6.29 Å². The molecule has 0 spiro atoms. The molecule has 2 aromatic carbocycles. The zero-order valence-corrected chi connectivity index (χ0v) is 22.2. The highest BCUT2D eigenvalue weighted by Gasteiger charge is 2.40. The molecule has 2 heterocycles. The molecule has 0 saturated carbocycles. The zero-order chi connectivity index (χ0) is 29.5. The van der Waals surface area contributed by atoms with Crippen LogP contribution in [-0.4, -0.2) is 39.4 Å². The minimum Gasteiger partial charge on any atom is -0.383 e. The quantitative estimate of drug-likeness (QED) is 0.227. The molecule has 1 saturated heterocycles. The van der Waals surface area contributed by atoms with Gasteiger partial charge in [0.25, 0.3) is 0 Å². The summed E-state index contributed by atoms with van der Waals surface area (Å²) in [5.74, 6) is -2.14. The first-order chi connectivity index (χ1) is 19.5. The van der Waals surface area contributed by atoms with Crippen molar-refractivity contribution in [1.29, 1.82) is 0 Å². The summed E-state index contributed by atoms with van der Waals surface area (Å²) >= 11 is 0. The van der Waals surface area contributed by atoms with Crippen LogP contribution in [0, 0.1) is 23.5 Å². The molecule has 1 N–H and O–H groups in total. The van der Waals surface area contributed by atoms with Crippen molar-refractivity contribution in [2.45, 2.75) is 38.0 Å². The van der Waals surface area contributed by atoms with E-state index in [9.17, 15) is 27.1 Å². The van der Waals surface area contributed by atoms with E-state index in [-0.39, 0.29) is 18.0 Å². The molecule has 1 fully saturated rings. The van der Waals surface area contributed by atoms with Gasteiger partial charge in [0, 0.05) is 17.5 Å². The number of aliphatic hydroxyl groups is 1. The van der Waals surface area contributed by atoms with Crippen LogP contribution in [0.5, 0.6) is 0 Å². The maximum Gasteiger partial charge on any atom is 0.416 e. The Balaban J connectivity index is 1.29. The summed E-state index contributed by atoms with van der Waals surface area (Å²) in [6.07, 6.45) is 8.55. The third-order valence-corrected chi connectivity index (χ3v) is 6.89. The van der Waals surface area contributed by atoms with Crippen LogP contribution < -0.4 is 0 Å². The average Bonchev–Trinajstić information content (AvgIpc) is 3.44. The fourth-order valence-corrected chi connectivity index (χ4v) is 4.64. The van der Waals surface area contributed by atoms with E-state index in [1.54, 1.807) is 43.4 Å². The maximum absolute atomic E-state index is 14.8. The maximum atomic E-state index is 14.8. The van der Waals surface area contributed by atoms with E-state index < -0.39 is 41.2 Å². The minimum absolute atomic E-state index is 0.0282. The molecular weight excluding hydrogens is 545 g/mol. The molecule has 0 unspecified atom stereocenters. The number of ether oxygens (including phenoxy) is 2. The molecule has 0 radical (unpaired) electrons. The van der Waals surface area contributed by atoms with E-state index >= 15 is 0 Å². The van der Waals surface area contributed by atoms with Gasteiger partial charge in [-0.15, -0.1) is 0 Å². The molecule has 41 heavy (non-hydrogen) atoms. The second-order valence-electron chi connectivity index (χ2n) is 9.93. The van der Waals surface area contributed by atoms with Crippen LogP contribution in [-0.2, 0) is 27.8 Å². The van der Waals surface area contributed by atoms with E-state index in [0.29, 0.717) is 25.2 Å². The van der Waals surface area contributed by atoms with E-state index in [1.165, 1.54) is 35.5 Å². The lowest BCUT2D eigenvalue weighted by atomic mass is 9.77. The summed E-state index contributed by atoms with van der Waals surface area (Å²) in [6.45, 7) is 2.41. The van der Waals surface area contributed by atoms with Crippen molar-refractivity contribution < 1.29 is 36.5 Å². The molecule has 11 heteroatoms. The Kier molecular flexibility index (Phi) is 9.85. The predicted octanol–water partition coefficient (Wildman–Crippen LogP) is 6.30. The molecule has 4 rings (SSSR count). The van der Waals surface area contributed by atoms with Gasteiger partial charge in [-0.25, -0.2) is 18.4 Å². The molecular formula is C30H30F5N3O3. The van der Waals surface area contributed by atoms with Crippen LogP contribution in [0.4, 0.5) is 22.0 Å². The first-order valence-corrected chi connectivity index (χ1v) is 13.0. The normalized spacial score (nSPS) is 20.7. The number of hydrogen-bond donors (Lipinski definition) is 1. The monoisotopic (exact) mass is 575 g/mol. The lowest BCUT2D eigenvalue weighted by Gasteiger charge is -2.38. The molecule has 3 aromatic rings. The van der Waals surface area contributed by atoms with Gasteiger partial charge in [0.2, 0.25) is 0 Å². The Morgan fingerprint density at radius 3 is 2.37 bits per heavy atom.